The summed E-state index contributed by atoms with van der Waals surface area (Å²) in [5.41, 5.74) is 0.582. The fraction of sp³-hybridized carbons (Fsp3) is 0.609. The molecule has 1 aliphatic rings. The zero-order valence-electron chi connectivity index (χ0n) is 19.0. The maximum absolute atomic E-state index is 12.3. The van der Waals surface area contributed by atoms with Crippen molar-refractivity contribution in [2.24, 2.45) is 5.92 Å². The van der Waals surface area contributed by atoms with E-state index < -0.39 is 11.7 Å². The van der Waals surface area contributed by atoms with Crippen molar-refractivity contribution in [3.05, 3.63) is 29.8 Å². The molecule has 0 radical (unpaired) electrons. The van der Waals surface area contributed by atoms with Crippen LogP contribution in [0.1, 0.15) is 45.6 Å². The molecular weight excluding hydrogens is 398 g/mol. The van der Waals surface area contributed by atoms with Gasteiger partial charge < -0.3 is 25.0 Å². The van der Waals surface area contributed by atoms with Gasteiger partial charge in [0.25, 0.3) is 5.91 Å². The highest BCUT2D eigenvalue weighted by Gasteiger charge is 2.23. The molecule has 1 aromatic carbocycles. The van der Waals surface area contributed by atoms with Crippen molar-refractivity contribution >= 4 is 17.9 Å². The number of nitrogens with zero attached hydrogens (tertiary/aromatic N) is 1. The normalized spacial score (nSPS) is 14.6. The Bertz CT molecular complexity index is 735. The van der Waals surface area contributed by atoms with Crippen LogP contribution in [0.15, 0.2) is 24.3 Å². The van der Waals surface area contributed by atoms with Crippen LogP contribution in [-0.2, 0) is 14.3 Å². The fourth-order valence-electron chi connectivity index (χ4n) is 3.22. The average molecular weight is 434 g/mol. The molecule has 31 heavy (non-hydrogen) atoms. The van der Waals surface area contributed by atoms with Crippen molar-refractivity contribution in [1.29, 1.82) is 0 Å². The third-order valence-corrected chi connectivity index (χ3v) is 4.95. The molecule has 1 aliphatic heterocycles. The lowest BCUT2D eigenvalue weighted by molar-refractivity contribution is -0.132. The number of nitrogens with one attached hydrogen (secondary N) is 2. The van der Waals surface area contributed by atoms with Gasteiger partial charge >= 0.3 is 6.09 Å². The van der Waals surface area contributed by atoms with Crippen molar-refractivity contribution in [3.63, 3.8) is 0 Å². The standard InChI is InChI=1S/C23H35N3O5/c1-17-5-7-19(8-6-17)30-16-20(27)25-15-18-10-13-26(14-11-18)21(28)9-12-24-22(29)31-23(2,3)4/h5-8,18H,9-16H2,1-4H3,(H,24,29)(H,25,27). The zero-order valence-corrected chi connectivity index (χ0v) is 19.0. The second kappa shape index (κ2) is 11.6. The molecule has 8 heteroatoms. The van der Waals surface area contributed by atoms with Gasteiger partial charge in [0.1, 0.15) is 11.4 Å². The van der Waals surface area contributed by atoms with Crippen molar-refractivity contribution in [3.8, 4) is 5.75 Å². The molecule has 8 nitrogen and oxygen atoms in total. The highest BCUT2D eigenvalue weighted by molar-refractivity contribution is 5.78. The highest BCUT2D eigenvalue weighted by Crippen LogP contribution is 2.17. The van der Waals surface area contributed by atoms with Gasteiger partial charge in [-0.2, -0.15) is 0 Å². The fourth-order valence-corrected chi connectivity index (χ4v) is 3.22. The Morgan fingerprint density at radius 1 is 1.06 bits per heavy atom. The number of hydrogen-bond donors (Lipinski definition) is 2. The molecule has 0 unspecified atom stereocenters. The highest BCUT2D eigenvalue weighted by atomic mass is 16.6. The van der Waals surface area contributed by atoms with Crippen molar-refractivity contribution in [2.45, 2.75) is 52.6 Å². The Kier molecular flexibility index (Phi) is 9.15. The van der Waals surface area contributed by atoms with Gasteiger partial charge in [0, 0.05) is 32.6 Å². The quantitative estimate of drug-likeness (QED) is 0.657. The second-order valence-electron chi connectivity index (χ2n) is 8.91. The van der Waals surface area contributed by atoms with E-state index in [-0.39, 0.29) is 31.4 Å². The van der Waals surface area contributed by atoms with Gasteiger partial charge in [-0.3, -0.25) is 9.59 Å². The molecular formula is C23H35N3O5. The molecule has 2 rings (SSSR count). The summed E-state index contributed by atoms with van der Waals surface area (Å²) in [5, 5.41) is 5.52. The maximum Gasteiger partial charge on any atom is 0.407 e. The molecule has 1 heterocycles. The minimum absolute atomic E-state index is 0.00889. The van der Waals surface area contributed by atoms with E-state index in [0.29, 0.717) is 31.3 Å². The Labute approximate surface area is 184 Å². The summed E-state index contributed by atoms with van der Waals surface area (Å²) in [6.07, 6.45) is 1.41. The monoisotopic (exact) mass is 433 g/mol. The Hall–Kier alpha value is -2.77. The zero-order chi connectivity index (χ0) is 22.9. The second-order valence-corrected chi connectivity index (χ2v) is 8.91. The number of carbonyl (C=O) groups excluding carboxylic acids is 3. The van der Waals surface area contributed by atoms with Gasteiger partial charge in [0.05, 0.1) is 0 Å². The summed E-state index contributed by atoms with van der Waals surface area (Å²) in [6.45, 7) is 9.52. The van der Waals surface area contributed by atoms with E-state index in [1.165, 1.54) is 0 Å². The Morgan fingerprint density at radius 2 is 1.71 bits per heavy atom. The van der Waals surface area contributed by atoms with Crippen LogP contribution in [0.3, 0.4) is 0 Å². The average Bonchev–Trinajstić information content (AvgIpc) is 2.71. The Morgan fingerprint density at radius 3 is 2.32 bits per heavy atom. The van der Waals surface area contributed by atoms with Crippen LogP contribution in [0, 0.1) is 12.8 Å². The van der Waals surface area contributed by atoms with Gasteiger partial charge in [0.2, 0.25) is 5.91 Å². The third-order valence-electron chi connectivity index (χ3n) is 4.95. The predicted molar refractivity (Wildman–Crippen MR) is 118 cm³/mol. The Balaban J connectivity index is 1.58. The summed E-state index contributed by atoms with van der Waals surface area (Å²) in [6, 6.07) is 7.57. The molecule has 0 atom stereocenters. The van der Waals surface area contributed by atoms with E-state index in [0.717, 1.165) is 18.4 Å². The van der Waals surface area contributed by atoms with E-state index >= 15 is 0 Å². The van der Waals surface area contributed by atoms with Crippen LogP contribution in [-0.4, -0.2) is 61.2 Å². The topological polar surface area (TPSA) is 97.0 Å². The molecule has 0 saturated carbocycles. The van der Waals surface area contributed by atoms with Crippen molar-refractivity contribution < 1.29 is 23.9 Å². The first-order valence-electron chi connectivity index (χ1n) is 10.8. The molecule has 172 valence electrons. The first kappa shape index (κ1) is 24.5. The molecule has 1 saturated heterocycles. The van der Waals surface area contributed by atoms with Crippen molar-refractivity contribution in [1.82, 2.24) is 15.5 Å². The van der Waals surface area contributed by atoms with Gasteiger partial charge in [-0.25, -0.2) is 4.79 Å². The summed E-state index contributed by atoms with van der Waals surface area (Å²) in [7, 11) is 0. The lowest BCUT2D eigenvalue weighted by atomic mass is 9.96. The maximum atomic E-state index is 12.3. The number of ether oxygens (including phenoxy) is 2. The number of piperidine rings is 1. The minimum atomic E-state index is -0.557. The molecule has 0 spiro atoms. The molecule has 0 bridgehead atoms. The predicted octanol–water partition coefficient (Wildman–Crippen LogP) is 2.64. The number of rotatable bonds is 8. The lowest BCUT2D eigenvalue weighted by Gasteiger charge is -2.32. The number of likely N-dealkylation sites (tertiary alicyclic amines) is 1. The van der Waals surface area contributed by atoms with E-state index in [1.807, 2.05) is 36.1 Å². The number of benzene rings is 1. The van der Waals surface area contributed by atoms with Crippen LogP contribution in [0.5, 0.6) is 5.75 Å². The van der Waals surface area contributed by atoms with E-state index in [2.05, 4.69) is 10.6 Å². The molecule has 2 N–H and O–H groups in total. The number of hydrogen-bond acceptors (Lipinski definition) is 5. The van der Waals surface area contributed by atoms with Gasteiger partial charge in [-0.15, -0.1) is 0 Å². The lowest BCUT2D eigenvalue weighted by Crippen LogP contribution is -2.43. The minimum Gasteiger partial charge on any atom is -0.484 e. The first-order valence-corrected chi connectivity index (χ1v) is 10.8. The van der Waals surface area contributed by atoms with Crippen LogP contribution in [0.25, 0.3) is 0 Å². The van der Waals surface area contributed by atoms with Crippen LogP contribution in [0.2, 0.25) is 0 Å². The largest absolute Gasteiger partial charge is 0.484 e. The van der Waals surface area contributed by atoms with E-state index in [4.69, 9.17) is 9.47 Å². The van der Waals surface area contributed by atoms with Crippen LogP contribution in [0.4, 0.5) is 4.79 Å². The summed E-state index contributed by atoms with van der Waals surface area (Å²) >= 11 is 0. The van der Waals surface area contributed by atoms with Gasteiger partial charge in [0.15, 0.2) is 6.61 Å². The van der Waals surface area contributed by atoms with Gasteiger partial charge in [-0.05, 0) is 58.6 Å². The van der Waals surface area contributed by atoms with Crippen molar-refractivity contribution in [2.75, 3.05) is 32.8 Å². The number of carbonyl (C=O) groups is 3. The van der Waals surface area contributed by atoms with E-state index in [9.17, 15) is 14.4 Å². The third kappa shape index (κ3) is 9.72. The number of alkyl carbamates (subject to hydrolysis) is 1. The van der Waals surface area contributed by atoms with Crippen LogP contribution >= 0.6 is 0 Å². The summed E-state index contributed by atoms with van der Waals surface area (Å²) in [4.78, 5) is 37.8. The first-order chi connectivity index (χ1) is 14.6. The number of amides is 3. The molecule has 3 amide bonds. The SMILES string of the molecule is Cc1ccc(OCC(=O)NCC2CCN(C(=O)CCNC(=O)OC(C)(C)C)CC2)cc1. The summed E-state index contributed by atoms with van der Waals surface area (Å²) < 4.78 is 10.6. The number of aryl methyl sites for hydroxylation is 1. The van der Waals surface area contributed by atoms with Gasteiger partial charge in [-0.1, -0.05) is 17.7 Å². The van der Waals surface area contributed by atoms with E-state index in [1.54, 1.807) is 20.8 Å². The molecule has 0 aliphatic carbocycles. The van der Waals surface area contributed by atoms with Crippen LogP contribution < -0.4 is 15.4 Å². The molecule has 1 aromatic rings. The molecule has 0 aromatic heterocycles. The summed E-state index contributed by atoms with van der Waals surface area (Å²) in [5.74, 6) is 0.887. The molecule has 1 fully saturated rings. The smallest absolute Gasteiger partial charge is 0.407 e.